The lowest BCUT2D eigenvalue weighted by atomic mass is 10.1. The van der Waals surface area contributed by atoms with E-state index < -0.39 is 5.91 Å². The number of benzene rings is 2. The highest BCUT2D eigenvalue weighted by atomic mass is 16.5. The molecule has 0 aliphatic rings. The second kappa shape index (κ2) is 10.2. The van der Waals surface area contributed by atoms with Gasteiger partial charge in [-0.05, 0) is 31.0 Å². The second-order valence-electron chi connectivity index (χ2n) is 6.54. The van der Waals surface area contributed by atoms with E-state index in [1.54, 1.807) is 24.3 Å². The Labute approximate surface area is 173 Å². The fourth-order valence-electron chi connectivity index (χ4n) is 2.77. The van der Waals surface area contributed by atoms with Crippen LogP contribution < -0.4 is 20.5 Å². The molecule has 1 heterocycles. The van der Waals surface area contributed by atoms with Gasteiger partial charge in [0.15, 0.2) is 5.69 Å². The number of ether oxygens (including phenoxy) is 2. The summed E-state index contributed by atoms with van der Waals surface area (Å²) in [6, 6.07) is 12.2. The monoisotopic (exact) mass is 408 g/mol. The standard InChI is InChI=1S/C22H24N4O4/c1-3-11-29-16-10-9-15(19(13-16)30-12-4-2)14-23-25-22(28)20-17-7-5-6-8-18(17)21(27)26-24-20/h5-10,13-14H,3-4,11-12H2,1-2H3,(H,25,28)(H,26,27)/b23-14+. The Morgan fingerprint density at radius 2 is 1.83 bits per heavy atom. The molecule has 2 aromatic carbocycles. The zero-order valence-corrected chi connectivity index (χ0v) is 17.0. The summed E-state index contributed by atoms with van der Waals surface area (Å²) in [4.78, 5) is 24.4. The van der Waals surface area contributed by atoms with E-state index in [4.69, 9.17) is 9.47 Å². The second-order valence-corrected chi connectivity index (χ2v) is 6.54. The SMILES string of the molecule is CCCOc1ccc(/C=N/NC(=O)c2n[nH]c(=O)c3ccccc23)c(OCCC)c1. The van der Waals surface area contributed by atoms with Gasteiger partial charge in [-0.25, -0.2) is 10.5 Å². The van der Waals surface area contributed by atoms with Crippen molar-refractivity contribution in [3.8, 4) is 11.5 Å². The number of amides is 1. The molecule has 0 saturated heterocycles. The van der Waals surface area contributed by atoms with Gasteiger partial charge in [-0.15, -0.1) is 0 Å². The Balaban J connectivity index is 1.78. The van der Waals surface area contributed by atoms with Gasteiger partial charge in [0, 0.05) is 17.0 Å². The highest BCUT2D eigenvalue weighted by Gasteiger charge is 2.13. The maximum atomic E-state index is 12.5. The van der Waals surface area contributed by atoms with Crippen molar-refractivity contribution in [2.75, 3.05) is 13.2 Å². The molecule has 8 nitrogen and oxygen atoms in total. The van der Waals surface area contributed by atoms with Crippen LogP contribution in [-0.2, 0) is 0 Å². The zero-order valence-electron chi connectivity index (χ0n) is 17.0. The normalized spacial score (nSPS) is 11.0. The molecule has 3 rings (SSSR count). The minimum absolute atomic E-state index is 0.0909. The molecule has 156 valence electrons. The molecule has 0 atom stereocenters. The fourth-order valence-corrected chi connectivity index (χ4v) is 2.77. The van der Waals surface area contributed by atoms with E-state index in [1.807, 2.05) is 32.0 Å². The van der Waals surface area contributed by atoms with E-state index in [0.29, 0.717) is 41.0 Å². The Bertz CT molecular complexity index is 1110. The number of hydrogen-bond donors (Lipinski definition) is 2. The molecule has 2 N–H and O–H groups in total. The summed E-state index contributed by atoms with van der Waals surface area (Å²) in [7, 11) is 0. The number of hydrogen-bond acceptors (Lipinski definition) is 6. The molecule has 0 unspecified atom stereocenters. The molecular weight excluding hydrogens is 384 g/mol. The van der Waals surface area contributed by atoms with E-state index >= 15 is 0 Å². The topological polar surface area (TPSA) is 106 Å². The quantitative estimate of drug-likeness (QED) is 0.418. The van der Waals surface area contributed by atoms with Crippen molar-refractivity contribution in [3.63, 3.8) is 0 Å². The van der Waals surface area contributed by atoms with Gasteiger partial charge in [0.05, 0.1) is 24.8 Å². The van der Waals surface area contributed by atoms with Crippen LogP contribution in [0.5, 0.6) is 11.5 Å². The summed E-state index contributed by atoms with van der Waals surface area (Å²) in [5.74, 6) is 0.807. The number of fused-ring (bicyclic) bond motifs is 1. The van der Waals surface area contributed by atoms with Crippen molar-refractivity contribution >= 4 is 22.9 Å². The summed E-state index contributed by atoms with van der Waals surface area (Å²) < 4.78 is 11.4. The molecule has 30 heavy (non-hydrogen) atoms. The van der Waals surface area contributed by atoms with E-state index in [2.05, 4.69) is 20.7 Å². The molecule has 0 aliphatic heterocycles. The van der Waals surface area contributed by atoms with Crippen molar-refractivity contribution in [3.05, 3.63) is 64.1 Å². The van der Waals surface area contributed by atoms with Crippen LogP contribution in [0.15, 0.2) is 52.4 Å². The van der Waals surface area contributed by atoms with Gasteiger partial charge in [-0.1, -0.05) is 32.0 Å². The van der Waals surface area contributed by atoms with Gasteiger partial charge in [-0.2, -0.15) is 10.2 Å². The molecule has 0 fully saturated rings. The van der Waals surface area contributed by atoms with Crippen LogP contribution in [0.2, 0.25) is 0 Å². The lowest BCUT2D eigenvalue weighted by Crippen LogP contribution is -2.22. The summed E-state index contributed by atoms with van der Waals surface area (Å²) in [5, 5.41) is 11.1. The molecular formula is C22H24N4O4. The molecule has 0 spiro atoms. The molecule has 0 bridgehead atoms. The number of carbonyl (C=O) groups excluding carboxylic acids is 1. The van der Waals surface area contributed by atoms with Crippen LogP contribution in [0.3, 0.4) is 0 Å². The van der Waals surface area contributed by atoms with Crippen LogP contribution in [0.1, 0.15) is 42.7 Å². The summed E-state index contributed by atoms with van der Waals surface area (Å²) >= 11 is 0. The number of nitrogens with one attached hydrogen (secondary N) is 2. The number of aromatic nitrogens is 2. The third-order valence-electron chi connectivity index (χ3n) is 4.20. The molecule has 0 aliphatic carbocycles. The predicted octanol–water partition coefficient (Wildman–Crippen LogP) is 3.26. The fraction of sp³-hybridized carbons (Fsp3) is 0.273. The zero-order chi connectivity index (χ0) is 21.3. The van der Waals surface area contributed by atoms with Gasteiger partial charge in [0.25, 0.3) is 11.5 Å². The minimum Gasteiger partial charge on any atom is -0.493 e. The van der Waals surface area contributed by atoms with Gasteiger partial charge >= 0.3 is 0 Å². The van der Waals surface area contributed by atoms with Crippen molar-refractivity contribution in [2.24, 2.45) is 5.10 Å². The highest BCUT2D eigenvalue weighted by molar-refractivity contribution is 6.04. The average molecular weight is 408 g/mol. The first-order valence-corrected chi connectivity index (χ1v) is 9.84. The lowest BCUT2D eigenvalue weighted by molar-refractivity contribution is 0.0951. The van der Waals surface area contributed by atoms with Crippen LogP contribution in [0.25, 0.3) is 10.8 Å². The molecule has 8 heteroatoms. The van der Waals surface area contributed by atoms with E-state index in [9.17, 15) is 9.59 Å². The van der Waals surface area contributed by atoms with Crippen molar-refractivity contribution < 1.29 is 14.3 Å². The Hall–Kier alpha value is -3.68. The van der Waals surface area contributed by atoms with Gasteiger partial charge < -0.3 is 9.47 Å². The van der Waals surface area contributed by atoms with Crippen molar-refractivity contribution in [1.29, 1.82) is 0 Å². The minimum atomic E-state index is -0.530. The highest BCUT2D eigenvalue weighted by Crippen LogP contribution is 2.24. The lowest BCUT2D eigenvalue weighted by Gasteiger charge is -2.11. The van der Waals surface area contributed by atoms with Crippen LogP contribution in [0, 0.1) is 0 Å². The number of aromatic amines is 1. The van der Waals surface area contributed by atoms with Gasteiger partial charge in [-0.3, -0.25) is 9.59 Å². The first-order chi connectivity index (χ1) is 14.6. The third kappa shape index (κ3) is 5.02. The first kappa shape index (κ1) is 21.0. The smallest absolute Gasteiger partial charge is 0.292 e. The van der Waals surface area contributed by atoms with E-state index in [-0.39, 0.29) is 11.3 Å². The van der Waals surface area contributed by atoms with Crippen LogP contribution in [0.4, 0.5) is 0 Å². The predicted molar refractivity (Wildman–Crippen MR) is 115 cm³/mol. The Morgan fingerprint density at radius 1 is 1.10 bits per heavy atom. The largest absolute Gasteiger partial charge is 0.493 e. The third-order valence-corrected chi connectivity index (χ3v) is 4.20. The molecule has 0 saturated carbocycles. The molecule has 3 aromatic rings. The van der Waals surface area contributed by atoms with Gasteiger partial charge in [0.1, 0.15) is 11.5 Å². The van der Waals surface area contributed by atoms with E-state index in [1.165, 1.54) is 6.21 Å². The summed E-state index contributed by atoms with van der Waals surface area (Å²) in [6.45, 7) is 5.24. The number of H-pyrrole nitrogens is 1. The van der Waals surface area contributed by atoms with Crippen LogP contribution >= 0.6 is 0 Å². The van der Waals surface area contributed by atoms with E-state index in [0.717, 1.165) is 12.8 Å². The molecule has 0 radical (unpaired) electrons. The van der Waals surface area contributed by atoms with Crippen LogP contribution in [-0.4, -0.2) is 35.5 Å². The Morgan fingerprint density at radius 3 is 2.60 bits per heavy atom. The van der Waals surface area contributed by atoms with Crippen molar-refractivity contribution in [2.45, 2.75) is 26.7 Å². The summed E-state index contributed by atoms with van der Waals surface area (Å²) in [6.07, 6.45) is 3.27. The average Bonchev–Trinajstić information content (AvgIpc) is 2.77. The Kier molecular flexibility index (Phi) is 7.15. The van der Waals surface area contributed by atoms with Gasteiger partial charge in [0.2, 0.25) is 0 Å². The molecule has 1 amide bonds. The number of rotatable bonds is 9. The number of nitrogens with zero attached hydrogens (tertiary/aromatic N) is 2. The maximum absolute atomic E-state index is 12.5. The first-order valence-electron chi connectivity index (χ1n) is 9.84. The molecule has 1 aromatic heterocycles. The number of hydrazone groups is 1. The van der Waals surface area contributed by atoms with Crippen molar-refractivity contribution in [1.82, 2.24) is 15.6 Å². The number of carbonyl (C=O) groups is 1. The maximum Gasteiger partial charge on any atom is 0.292 e. The summed E-state index contributed by atoms with van der Waals surface area (Å²) in [5.41, 5.74) is 2.89.